The van der Waals surface area contributed by atoms with Gasteiger partial charge < -0.3 is 14.6 Å². The highest BCUT2D eigenvalue weighted by Crippen LogP contribution is 2.21. The van der Waals surface area contributed by atoms with Gasteiger partial charge in [-0.2, -0.15) is 0 Å². The first kappa shape index (κ1) is 16.5. The molecule has 0 spiro atoms. The number of hydrogen-bond donors (Lipinski definition) is 1. The smallest absolute Gasteiger partial charge is 0.246 e. The monoisotopic (exact) mass is 280 g/mol. The van der Waals surface area contributed by atoms with Crippen LogP contribution >= 0.6 is 0 Å². The highest BCUT2D eigenvalue weighted by Gasteiger charge is 2.30. The van der Waals surface area contributed by atoms with Crippen molar-refractivity contribution in [2.24, 2.45) is 5.92 Å². The maximum Gasteiger partial charge on any atom is 0.246 e. The van der Waals surface area contributed by atoms with Crippen LogP contribution < -0.4 is 10.5 Å². The molecule has 0 fully saturated rings. The summed E-state index contributed by atoms with van der Waals surface area (Å²) in [5, 5.41) is 10.0. The largest absolute Gasteiger partial charge is 0.497 e. The number of nitrogens with one attached hydrogen (secondary N) is 1. The van der Waals surface area contributed by atoms with Crippen LogP contribution in [-0.4, -0.2) is 30.0 Å². The molecule has 2 unspecified atom stereocenters. The van der Waals surface area contributed by atoms with Crippen LogP contribution in [0.1, 0.15) is 26.3 Å². The second-order valence-electron chi connectivity index (χ2n) is 5.65. The van der Waals surface area contributed by atoms with Crippen molar-refractivity contribution in [1.29, 1.82) is 0 Å². The molecule has 0 aliphatic heterocycles. The SMILES string of the molecule is COc1cccc(CC(C([NH])=O)C(O)OC(C)(C)C)c1. The zero-order chi connectivity index (χ0) is 15.3. The minimum Gasteiger partial charge on any atom is -0.497 e. The van der Waals surface area contributed by atoms with Crippen LogP contribution in [0.5, 0.6) is 5.75 Å². The summed E-state index contributed by atoms with van der Waals surface area (Å²) in [6.45, 7) is 5.35. The van der Waals surface area contributed by atoms with E-state index in [1.807, 2.05) is 6.07 Å². The summed E-state index contributed by atoms with van der Waals surface area (Å²) in [6, 6.07) is 7.20. The van der Waals surface area contributed by atoms with Crippen LogP contribution in [0, 0.1) is 5.92 Å². The van der Waals surface area contributed by atoms with Crippen molar-refractivity contribution in [3.63, 3.8) is 0 Å². The third kappa shape index (κ3) is 5.19. The van der Waals surface area contributed by atoms with Crippen LogP contribution in [0.3, 0.4) is 0 Å². The summed E-state index contributed by atoms with van der Waals surface area (Å²) in [6.07, 6.45) is -1.07. The zero-order valence-corrected chi connectivity index (χ0v) is 12.3. The van der Waals surface area contributed by atoms with Gasteiger partial charge in [-0.1, -0.05) is 12.1 Å². The Bertz CT molecular complexity index is 453. The molecule has 0 saturated heterocycles. The fourth-order valence-corrected chi connectivity index (χ4v) is 1.82. The van der Waals surface area contributed by atoms with E-state index in [0.29, 0.717) is 5.75 Å². The van der Waals surface area contributed by atoms with E-state index in [9.17, 15) is 9.90 Å². The Kier molecular flexibility index (Phi) is 5.53. The fourth-order valence-electron chi connectivity index (χ4n) is 1.82. The molecule has 0 aromatic heterocycles. The van der Waals surface area contributed by atoms with E-state index in [0.717, 1.165) is 5.56 Å². The van der Waals surface area contributed by atoms with Gasteiger partial charge in [0.05, 0.1) is 18.6 Å². The Morgan fingerprint density at radius 1 is 1.40 bits per heavy atom. The summed E-state index contributed by atoms with van der Waals surface area (Å²) in [5.74, 6) is -1.09. The molecular weight excluding hydrogens is 258 g/mol. The highest BCUT2D eigenvalue weighted by molar-refractivity contribution is 5.76. The lowest BCUT2D eigenvalue weighted by Gasteiger charge is -2.28. The van der Waals surface area contributed by atoms with Crippen molar-refractivity contribution in [3.05, 3.63) is 29.8 Å². The summed E-state index contributed by atoms with van der Waals surface area (Å²) in [5.41, 5.74) is 7.54. The van der Waals surface area contributed by atoms with Gasteiger partial charge in [0.15, 0.2) is 6.29 Å². The van der Waals surface area contributed by atoms with E-state index in [4.69, 9.17) is 15.2 Å². The van der Waals surface area contributed by atoms with Gasteiger partial charge in [-0.15, -0.1) is 0 Å². The van der Waals surface area contributed by atoms with Crippen molar-refractivity contribution in [3.8, 4) is 5.75 Å². The van der Waals surface area contributed by atoms with Crippen LogP contribution in [0.25, 0.3) is 0 Å². The van der Waals surface area contributed by atoms with Gasteiger partial charge in [0, 0.05) is 0 Å². The molecule has 0 aliphatic rings. The topological polar surface area (TPSA) is 79.6 Å². The maximum atomic E-state index is 11.4. The van der Waals surface area contributed by atoms with Gasteiger partial charge in [0.25, 0.3) is 0 Å². The molecular formula is C15H22NO4. The Morgan fingerprint density at radius 3 is 2.55 bits per heavy atom. The molecule has 0 saturated carbocycles. The molecule has 0 aliphatic carbocycles. The molecule has 20 heavy (non-hydrogen) atoms. The maximum absolute atomic E-state index is 11.4. The van der Waals surface area contributed by atoms with E-state index in [1.54, 1.807) is 46.1 Å². The van der Waals surface area contributed by atoms with Crippen molar-refractivity contribution in [2.75, 3.05) is 7.11 Å². The molecule has 5 nitrogen and oxygen atoms in total. The van der Waals surface area contributed by atoms with Gasteiger partial charge >= 0.3 is 0 Å². The van der Waals surface area contributed by atoms with Crippen LogP contribution in [-0.2, 0) is 16.0 Å². The molecule has 1 rings (SSSR count). The quantitative estimate of drug-likeness (QED) is 0.806. The first-order valence-electron chi connectivity index (χ1n) is 6.47. The molecule has 5 heteroatoms. The molecule has 1 aromatic rings. The third-order valence-corrected chi connectivity index (χ3v) is 2.75. The highest BCUT2D eigenvalue weighted by atomic mass is 16.6. The van der Waals surface area contributed by atoms with E-state index >= 15 is 0 Å². The molecule has 2 N–H and O–H groups in total. The van der Waals surface area contributed by atoms with Crippen molar-refractivity contribution in [1.82, 2.24) is 5.73 Å². The number of aliphatic hydroxyl groups excluding tert-OH is 1. The lowest BCUT2D eigenvalue weighted by Crippen LogP contribution is -2.38. The number of ether oxygens (including phenoxy) is 2. The molecule has 0 heterocycles. The van der Waals surface area contributed by atoms with Crippen LogP contribution in [0.15, 0.2) is 24.3 Å². The number of benzene rings is 1. The van der Waals surface area contributed by atoms with Gasteiger partial charge in [-0.25, -0.2) is 0 Å². The number of methoxy groups -OCH3 is 1. The molecule has 1 aromatic carbocycles. The van der Waals surface area contributed by atoms with Gasteiger partial charge in [-0.3, -0.25) is 10.5 Å². The van der Waals surface area contributed by atoms with Crippen LogP contribution in [0.4, 0.5) is 0 Å². The van der Waals surface area contributed by atoms with Gasteiger partial charge in [0.2, 0.25) is 5.91 Å². The summed E-state index contributed by atoms with van der Waals surface area (Å²) in [4.78, 5) is 11.4. The summed E-state index contributed by atoms with van der Waals surface area (Å²) < 4.78 is 10.5. The van der Waals surface area contributed by atoms with Crippen molar-refractivity contribution in [2.45, 2.75) is 39.1 Å². The molecule has 0 bridgehead atoms. The predicted octanol–water partition coefficient (Wildman–Crippen LogP) is 1.80. The fraction of sp³-hybridized carbons (Fsp3) is 0.533. The van der Waals surface area contributed by atoms with Gasteiger partial charge in [-0.05, 0) is 44.9 Å². The normalized spacial score (nSPS) is 14.7. The number of rotatable bonds is 6. The van der Waals surface area contributed by atoms with E-state index in [-0.39, 0.29) is 6.42 Å². The summed E-state index contributed by atoms with van der Waals surface area (Å²) in [7, 11) is 1.56. The Hall–Kier alpha value is -1.59. The average Bonchev–Trinajstić information content (AvgIpc) is 2.33. The molecule has 1 radical (unpaired) electrons. The number of carbonyl (C=O) groups excluding carboxylic acids is 1. The van der Waals surface area contributed by atoms with E-state index in [2.05, 4.69) is 0 Å². The lowest BCUT2D eigenvalue weighted by molar-refractivity contribution is -0.193. The lowest BCUT2D eigenvalue weighted by atomic mass is 9.97. The van der Waals surface area contributed by atoms with Crippen molar-refractivity contribution < 1.29 is 19.4 Å². The van der Waals surface area contributed by atoms with E-state index in [1.165, 1.54) is 0 Å². The minimum absolute atomic E-state index is 0.233. The average molecular weight is 280 g/mol. The minimum atomic E-state index is -1.30. The Morgan fingerprint density at radius 2 is 2.05 bits per heavy atom. The zero-order valence-electron chi connectivity index (χ0n) is 12.3. The standard InChI is InChI=1S/C15H22NO4/c1-15(2,3)20-14(18)12(13(16)17)9-10-6-5-7-11(8-10)19-4/h5-8,12,14,16,18H,9H2,1-4H3. The Labute approximate surface area is 119 Å². The second kappa shape index (κ2) is 6.72. The van der Waals surface area contributed by atoms with Crippen LogP contribution in [0.2, 0.25) is 0 Å². The molecule has 111 valence electrons. The Balaban J connectivity index is 2.84. The molecule has 2 atom stereocenters. The predicted molar refractivity (Wildman–Crippen MR) is 75.1 cm³/mol. The summed E-state index contributed by atoms with van der Waals surface area (Å²) >= 11 is 0. The first-order chi connectivity index (χ1) is 9.23. The molecule has 1 amide bonds. The number of hydrogen-bond acceptors (Lipinski definition) is 4. The van der Waals surface area contributed by atoms with Crippen molar-refractivity contribution >= 4 is 5.91 Å². The van der Waals surface area contributed by atoms with Gasteiger partial charge in [0.1, 0.15) is 5.75 Å². The number of aliphatic hydroxyl groups is 1. The van der Waals surface area contributed by atoms with E-state index < -0.39 is 23.7 Å². The number of amides is 1. The third-order valence-electron chi connectivity index (χ3n) is 2.75. The number of carbonyl (C=O) groups is 1. The first-order valence-corrected chi connectivity index (χ1v) is 6.47. The second-order valence-corrected chi connectivity index (χ2v) is 5.65.